The number of ether oxygens (including phenoxy) is 1. The number of rotatable bonds is 2. The van der Waals surface area contributed by atoms with Crippen LogP contribution in [0.15, 0.2) is 0 Å². The minimum absolute atomic E-state index is 0.108. The van der Waals surface area contributed by atoms with Gasteiger partial charge in [0.2, 0.25) is 5.91 Å². The molecule has 3 heteroatoms. The van der Waals surface area contributed by atoms with Gasteiger partial charge in [0.15, 0.2) is 0 Å². The summed E-state index contributed by atoms with van der Waals surface area (Å²) >= 11 is 0. The Balaban J connectivity index is 1.96. The zero-order valence-corrected chi connectivity index (χ0v) is 9.08. The second-order valence-electron chi connectivity index (χ2n) is 4.79. The Morgan fingerprint density at radius 1 is 1.50 bits per heavy atom. The molecule has 1 heterocycles. The third-order valence-electron chi connectivity index (χ3n) is 3.39. The molecule has 0 aromatic rings. The van der Waals surface area contributed by atoms with Gasteiger partial charge >= 0.3 is 0 Å². The maximum atomic E-state index is 11.8. The van der Waals surface area contributed by atoms with Gasteiger partial charge in [-0.15, -0.1) is 0 Å². The second-order valence-corrected chi connectivity index (χ2v) is 4.79. The number of carbonyl (C=O) groups excluding carboxylic acids is 1. The van der Waals surface area contributed by atoms with E-state index >= 15 is 0 Å². The van der Waals surface area contributed by atoms with Crippen molar-refractivity contribution in [3.63, 3.8) is 0 Å². The number of carbonyl (C=O) groups is 1. The largest absolute Gasteiger partial charge is 0.377 e. The van der Waals surface area contributed by atoms with Crippen molar-refractivity contribution in [3.8, 4) is 0 Å². The SMILES string of the molecule is COC1(C)CCCN(C(=O)C2CC2)C1. The normalized spacial score (nSPS) is 33.1. The number of methoxy groups -OCH3 is 1. The molecule has 2 aliphatic rings. The molecule has 1 amide bonds. The van der Waals surface area contributed by atoms with Crippen molar-refractivity contribution < 1.29 is 9.53 Å². The number of amides is 1. The highest BCUT2D eigenvalue weighted by atomic mass is 16.5. The molecule has 2 rings (SSSR count). The van der Waals surface area contributed by atoms with Crippen molar-refractivity contribution in [1.29, 1.82) is 0 Å². The minimum Gasteiger partial charge on any atom is -0.377 e. The highest BCUT2D eigenvalue weighted by Crippen LogP contribution is 2.33. The quantitative estimate of drug-likeness (QED) is 0.670. The van der Waals surface area contributed by atoms with Gasteiger partial charge in [-0.1, -0.05) is 0 Å². The predicted molar refractivity (Wildman–Crippen MR) is 54.0 cm³/mol. The van der Waals surface area contributed by atoms with Gasteiger partial charge in [-0.3, -0.25) is 4.79 Å². The molecular weight excluding hydrogens is 178 g/mol. The van der Waals surface area contributed by atoms with Gasteiger partial charge in [0.1, 0.15) is 0 Å². The Morgan fingerprint density at radius 3 is 2.79 bits per heavy atom. The number of nitrogens with zero attached hydrogens (tertiary/aromatic N) is 1. The maximum Gasteiger partial charge on any atom is 0.225 e. The summed E-state index contributed by atoms with van der Waals surface area (Å²) in [5, 5.41) is 0. The van der Waals surface area contributed by atoms with E-state index in [1.54, 1.807) is 7.11 Å². The highest BCUT2D eigenvalue weighted by Gasteiger charge is 2.38. The average molecular weight is 197 g/mol. The molecule has 2 fully saturated rings. The van der Waals surface area contributed by atoms with Gasteiger partial charge < -0.3 is 9.64 Å². The van der Waals surface area contributed by atoms with Gasteiger partial charge in [-0.2, -0.15) is 0 Å². The second kappa shape index (κ2) is 3.54. The lowest BCUT2D eigenvalue weighted by Gasteiger charge is -2.39. The molecular formula is C11H19NO2. The van der Waals surface area contributed by atoms with Crippen LogP contribution >= 0.6 is 0 Å². The number of likely N-dealkylation sites (tertiary alicyclic amines) is 1. The summed E-state index contributed by atoms with van der Waals surface area (Å²) in [4.78, 5) is 13.8. The molecule has 0 radical (unpaired) electrons. The van der Waals surface area contributed by atoms with E-state index in [-0.39, 0.29) is 5.60 Å². The molecule has 3 nitrogen and oxygen atoms in total. The van der Waals surface area contributed by atoms with E-state index in [9.17, 15) is 4.79 Å². The maximum absolute atomic E-state index is 11.8. The van der Waals surface area contributed by atoms with Crippen molar-refractivity contribution in [2.45, 2.75) is 38.2 Å². The van der Waals surface area contributed by atoms with E-state index in [1.165, 1.54) is 0 Å². The summed E-state index contributed by atoms with van der Waals surface area (Å²) in [5.41, 5.74) is -0.108. The average Bonchev–Trinajstić information content (AvgIpc) is 3.00. The third kappa shape index (κ3) is 1.92. The van der Waals surface area contributed by atoms with Gasteiger partial charge in [-0.05, 0) is 32.6 Å². The monoisotopic (exact) mass is 197 g/mol. The molecule has 1 saturated carbocycles. The Labute approximate surface area is 85.4 Å². The zero-order valence-electron chi connectivity index (χ0n) is 9.08. The van der Waals surface area contributed by atoms with Crippen LogP contribution in [0.5, 0.6) is 0 Å². The van der Waals surface area contributed by atoms with Crippen molar-refractivity contribution in [1.82, 2.24) is 4.90 Å². The van der Waals surface area contributed by atoms with Crippen LogP contribution in [0.2, 0.25) is 0 Å². The number of hydrogen-bond acceptors (Lipinski definition) is 2. The Kier molecular flexibility index (Phi) is 2.52. The van der Waals surface area contributed by atoms with Crippen LogP contribution in [0.3, 0.4) is 0 Å². The lowest BCUT2D eigenvalue weighted by molar-refractivity contribution is -0.140. The van der Waals surface area contributed by atoms with Gasteiger partial charge in [0.25, 0.3) is 0 Å². The summed E-state index contributed by atoms with van der Waals surface area (Å²) in [6.45, 7) is 3.80. The lowest BCUT2D eigenvalue weighted by Crippen LogP contribution is -2.50. The van der Waals surface area contributed by atoms with E-state index in [2.05, 4.69) is 6.92 Å². The summed E-state index contributed by atoms with van der Waals surface area (Å²) in [5.74, 6) is 0.696. The van der Waals surface area contributed by atoms with E-state index < -0.39 is 0 Å². The van der Waals surface area contributed by atoms with Crippen LogP contribution < -0.4 is 0 Å². The summed E-state index contributed by atoms with van der Waals surface area (Å²) in [6, 6.07) is 0. The van der Waals surface area contributed by atoms with E-state index in [0.717, 1.165) is 38.8 Å². The molecule has 1 aliphatic heterocycles. The minimum atomic E-state index is -0.108. The first kappa shape index (κ1) is 9.97. The predicted octanol–water partition coefficient (Wildman–Crippen LogP) is 1.42. The zero-order chi connectivity index (χ0) is 10.2. The summed E-state index contributed by atoms with van der Waals surface area (Å²) in [7, 11) is 1.74. The molecule has 14 heavy (non-hydrogen) atoms. The standard InChI is InChI=1S/C11H19NO2/c1-11(14-2)6-3-7-12(8-11)10(13)9-4-5-9/h9H,3-8H2,1-2H3. The van der Waals surface area contributed by atoms with Crippen molar-refractivity contribution in [2.24, 2.45) is 5.92 Å². The molecule has 1 saturated heterocycles. The fourth-order valence-corrected chi connectivity index (χ4v) is 2.15. The van der Waals surface area contributed by atoms with Crippen LogP contribution in [-0.2, 0) is 9.53 Å². The number of piperidine rings is 1. The first-order valence-electron chi connectivity index (χ1n) is 5.48. The molecule has 1 atom stereocenters. The first-order chi connectivity index (χ1) is 6.64. The van der Waals surface area contributed by atoms with Crippen LogP contribution in [-0.4, -0.2) is 36.6 Å². The van der Waals surface area contributed by atoms with E-state index in [1.807, 2.05) is 4.90 Å². The van der Waals surface area contributed by atoms with Gasteiger partial charge in [0, 0.05) is 26.1 Å². The van der Waals surface area contributed by atoms with Gasteiger partial charge in [0.05, 0.1) is 5.60 Å². The Morgan fingerprint density at radius 2 is 2.21 bits per heavy atom. The summed E-state index contributed by atoms with van der Waals surface area (Å²) < 4.78 is 5.47. The van der Waals surface area contributed by atoms with Crippen LogP contribution in [0.1, 0.15) is 32.6 Å². The van der Waals surface area contributed by atoms with Crippen LogP contribution in [0.4, 0.5) is 0 Å². The van der Waals surface area contributed by atoms with E-state index in [4.69, 9.17) is 4.74 Å². The van der Waals surface area contributed by atoms with E-state index in [0.29, 0.717) is 11.8 Å². The molecule has 0 spiro atoms. The lowest BCUT2D eigenvalue weighted by atomic mass is 9.94. The molecule has 80 valence electrons. The topological polar surface area (TPSA) is 29.5 Å². The Hall–Kier alpha value is -0.570. The fourth-order valence-electron chi connectivity index (χ4n) is 2.15. The molecule has 1 aliphatic carbocycles. The van der Waals surface area contributed by atoms with Crippen molar-refractivity contribution >= 4 is 5.91 Å². The molecule has 0 aromatic heterocycles. The molecule has 1 unspecified atom stereocenters. The molecule has 0 bridgehead atoms. The molecule has 0 N–H and O–H groups in total. The van der Waals surface area contributed by atoms with Gasteiger partial charge in [-0.25, -0.2) is 0 Å². The van der Waals surface area contributed by atoms with Crippen molar-refractivity contribution in [3.05, 3.63) is 0 Å². The number of hydrogen-bond donors (Lipinski definition) is 0. The highest BCUT2D eigenvalue weighted by molar-refractivity contribution is 5.81. The third-order valence-corrected chi connectivity index (χ3v) is 3.39. The molecule has 0 aromatic carbocycles. The van der Waals surface area contributed by atoms with Crippen molar-refractivity contribution in [2.75, 3.05) is 20.2 Å². The smallest absolute Gasteiger partial charge is 0.225 e. The summed E-state index contributed by atoms with van der Waals surface area (Å²) in [6.07, 6.45) is 4.33. The fraction of sp³-hybridized carbons (Fsp3) is 0.909. The first-order valence-corrected chi connectivity index (χ1v) is 5.48. The van der Waals surface area contributed by atoms with Crippen LogP contribution in [0, 0.1) is 5.92 Å². The van der Waals surface area contributed by atoms with Crippen LogP contribution in [0.25, 0.3) is 0 Å². The Bertz CT molecular complexity index is 237.